The molecule has 1 fully saturated rings. The maximum Gasteiger partial charge on any atom is 0.254 e. The third-order valence-corrected chi connectivity index (χ3v) is 3.95. The van der Waals surface area contributed by atoms with Gasteiger partial charge in [-0.05, 0) is 31.6 Å². The molecule has 1 aliphatic rings. The number of hydrogen-bond acceptors (Lipinski definition) is 3. The molecule has 0 unspecified atom stereocenters. The fraction of sp³-hybridized carbons (Fsp3) is 0.692. The minimum atomic E-state index is -0.731. The zero-order valence-electron chi connectivity index (χ0n) is 10.8. The molecule has 1 aromatic rings. The van der Waals surface area contributed by atoms with Gasteiger partial charge in [-0.1, -0.05) is 13.3 Å². The number of hydrogen-bond donors (Lipinski definition) is 3. The summed E-state index contributed by atoms with van der Waals surface area (Å²) in [5.41, 5.74) is -0.230. The van der Waals surface area contributed by atoms with E-state index in [9.17, 15) is 9.90 Å². The van der Waals surface area contributed by atoms with E-state index in [-0.39, 0.29) is 5.91 Å². The summed E-state index contributed by atoms with van der Waals surface area (Å²) in [6.45, 7) is 2.52. The number of nitrogens with one attached hydrogen (secondary N) is 2. The number of carbonyl (C=O) groups is 1. The van der Waals surface area contributed by atoms with Crippen molar-refractivity contribution in [1.29, 1.82) is 0 Å². The fourth-order valence-corrected chi connectivity index (χ4v) is 2.52. The second-order valence-electron chi connectivity index (χ2n) is 5.25. The van der Waals surface area contributed by atoms with E-state index in [4.69, 9.17) is 0 Å². The number of amides is 1. The molecule has 0 spiro atoms. The van der Waals surface area contributed by atoms with Gasteiger partial charge < -0.3 is 10.4 Å². The van der Waals surface area contributed by atoms with Gasteiger partial charge in [-0.15, -0.1) is 0 Å². The van der Waals surface area contributed by atoms with Gasteiger partial charge >= 0.3 is 0 Å². The van der Waals surface area contributed by atoms with Crippen molar-refractivity contribution in [3.63, 3.8) is 0 Å². The number of aromatic amines is 1. The van der Waals surface area contributed by atoms with Gasteiger partial charge in [0.15, 0.2) is 0 Å². The maximum atomic E-state index is 11.7. The molecular weight excluding hydrogens is 230 g/mol. The number of aromatic nitrogens is 2. The summed E-state index contributed by atoms with van der Waals surface area (Å²) in [4.78, 5) is 11.7. The van der Waals surface area contributed by atoms with Crippen LogP contribution >= 0.6 is 0 Å². The Bertz CT molecular complexity index is 381. The first kappa shape index (κ1) is 13.1. The molecule has 0 atom stereocenters. The molecule has 100 valence electrons. The fourth-order valence-electron chi connectivity index (χ4n) is 2.52. The van der Waals surface area contributed by atoms with Gasteiger partial charge in [0.1, 0.15) is 0 Å². The molecule has 0 bridgehead atoms. The molecule has 1 amide bonds. The predicted molar refractivity (Wildman–Crippen MR) is 68.1 cm³/mol. The molecule has 1 heterocycles. The monoisotopic (exact) mass is 251 g/mol. The molecule has 2 rings (SSSR count). The van der Waals surface area contributed by atoms with Crippen LogP contribution in [-0.4, -0.2) is 33.4 Å². The number of aliphatic hydroxyl groups is 1. The van der Waals surface area contributed by atoms with Crippen molar-refractivity contribution < 1.29 is 9.90 Å². The Balaban J connectivity index is 1.81. The molecule has 18 heavy (non-hydrogen) atoms. The second kappa shape index (κ2) is 5.52. The van der Waals surface area contributed by atoms with Gasteiger partial charge in [0.05, 0.1) is 17.4 Å². The van der Waals surface area contributed by atoms with E-state index in [1.807, 2.05) is 0 Å². The van der Waals surface area contributed by atoms with E-state index in [2.05, 4.69) is 22.4 Å². The summed E-state index contributed by atoms with van der Waals surface area (Å²) in [5.74, 6) is 0.546. The Morgan fingerprint density at radius 3 is 2.89 bits per heavy atom. The van der Waals surface area contributed by atoms with Crippen molar-refractivity contribution >= 4 is 5.91 Å². The summed E-state index contributed by atoms with van der Waals surface area (Å²) >= 11 is 0. The Labute approximate surface area is 107 Å². The minimum absolute atomic E-state index is 0.185. The summed E-state index contributed by atoms with van der Waals surface area (Å²) in [5, 5.41) is 19.5. The zero-order valence-corrected chi connectivity index (χ0v) is 10.8. The van der Waals surface area contributed by atoms with E-state index in [0.717, 1.165) is 31.6 Å². The van der Waals surface area contributed by atoms with Crippen molar-refractivity contribution in [3.8, 4) is 0 Å². The number of rotatable bonds is 4. The quantitative estimate of drug-likeness (QED) is 0.758. The van der Waals surface area contributed by atoms with E-state index in [1.165, 1.54) is 12.6 Å². The van der Waals surface area contributed by atoms with E-state index < -0.39 is 5.60 Å². The second-order valence-corrected chi connectivity index (χ2v) is 5.25. The molecule has 0 aromatic carbocycles. The first-order valence-electron chi connectivity index (χ1n) is 6.62. The van der Waals surface area contributed by atoms with Gasteiger partial charge in [0.25, 0.3) is 5.91 Å². The van der Waals surface area contributed by atoms with Crippen molar-refractivity contribution in [3.05, 3.63) is 18.0 Å². The maximum absolute atomic E-state index is 11.7. The van der Waals surface area contributed by atoms with Crippen LogP contribution in [0, 0.1) is 5.92 Å². The van der Waals surface area contributed by atoms with E-state index >= 15 is 0 Å². The standard InChI is InChI=1S/C13H21N3O2/c1-2-10-3-5-13(18,6-4-10)9-14-12(17)11-7-15-16-8-11/h7-8,10,18H,2-6,9H2,1H3,(H,14,17)(H,15,16). The minimum Gasteiger partial charge on any atom is -0.388 e. The van der Waals surface area contributed by atoms with Crippen LogP contribution in [0.25, 0.3) is 0 Å². The van der Waals surface area contributed by atoms with Crippen LogP contribution < -0.4 is 5.32 Å². The molecule has 0 aliphatic heterocycles. The van der Waals surface area contributed by atoms with Crippen molar-refractivity contribution in [1.82, 2.24) is 15.5 Å². The first-order valence-corrected chi connectivity index (χ1v) is 6.62. The van der Waals surface area contributed by atoms with Gasteiger partial charge in [0.2, 0.25) is 0 Å². The molecule has 3 N–H and O–H groups in total. The van der Waals surface area contributed by atoms with Gasteiger partial charge in [0, 0.05) is 12.7 Å². The van der Waals surface area contributed by atoms with Crippen LogP contribution in [0.5, 0.6) is 0 Å². The van der Waals surface area contributed by atoms with Gasteiger partial charge in [-0.25, -0.2) is 0 Å². The first-order chi connectivity index (χ1) is 8.63. The van der Waals surface area contributed by atoms with Crippen LogP contribution in [0.15, 0.2) is 12.4 Å². The SMILES string of the molecule is CCC1CCC(O)(CNC(=O)c2cn[nH]c2)CC1. The number of H-pyrrole nitrogens is 1. The van der Waals surface area contributed by atoms with Crippen LogP contribution in [0.4, 0.5) is 0 Å². The average molecular weight is 251 g/mol. The Morgan fingerprint density at radius 1 is 1.61 bits per heavy atom. The lowest BCUT2D eigenvalue weighted by atomic mass is 9.78. The van der Waals surface area contributed by atoms with E-state index in [1.54, 1.807) is 6.20 Å². The lowest BCUT2D eigenvalue weighted by Crippen LogP contribution is -2.45. The predicted octanol–water partition coefficient (Wildman–Crippen LogP) is 1.47. The van der Waals surface area contributed by atoms with Crippen molar-refractivity contribution in [2.75, 3.05) is 6.54 Å². The normalized spacial score (nSPS) is 28.0. The highest BCUT2D eigenvalue weighted by Crippen LogP contribution is 2.33. The van der Waals surface area contributed by atoms with Crippen molar-refractivity contribution in [2.45, 2.75) is 44.6 Å². The summed E-state index contributed by atoms with van der Waals surface area (Å²) in [7, 11) is 0. The molecule has 1 saturated carbocycles. The molecule has 0 saturated heterocycles. The largest absolute Gasteiger partial charge is 0.388 e. The molecule has 1 aromatic heterocycles. The zero-order chi connectivity index (χ0) is 13.0. The molecule has 5 heteroatoms. The van der Waals surface area contributed by atoms with Crippen molar-refractivity contribution in [2.24, 2.45) is 5.92 Å². The summed E-state index contributed by atoms with van der Waals surface area (Å²) < 4.78 is 0. The number of nitrogens with zero attached hydrogens (tertiary/aromatic N) is 1. The molecular formula is C13H21N3O2. The lowest BCUT2D eigenvalue weighted by molar-refractivity contribution is -0.00786. The van der Waals surface area contributed by atoms with Crippen LogP contribution in [0.1, 0.15) is 49.4 Å². The summed E-state index contributed by atoms with van der Waals surface area (Å²) in [6, 6.07) is 0. The highest BCUT2D eigenvalue weighted by molar-refractivity contribution is 5.93. The Hall–Kier alpha value is -1.36. The molecule has 0 radical (unpaired) electrons. The third kappa shape index (κ3) is 3.10. The molecule has 1 aliphatic carbocycles. The number of carbonyl (C=O) groups excluding carboxylic acids is 1. The lowest BCUT2D eigenvalue weighted by Gasteiger charge is -2.35. The third-order valence-electron chi connectivity index (χ3n) is 3.95. The van der Waals surface area contributed by atoms with Crippen LogP contribution in [0.2, 0.25) is 0 Å². The average Bonchev–Trinajstić information content (AvgIpc) is 2.91. The highest BCUT2D eigenvalue weighted by atomic mass is 16.3. The summed E-state index contributed by atoms with van der Waals surface area (Å²) in [6.07, 6.45) is 7.86. The van der Waals surface area contributed by atoms with E-state index in [0.29, 0.717) is 12.1 Å². The highest BCUT2D eigenvalue weighted by Gasteiger charge is 2.32. The van der Waals surface area contributed by atoms with Gasteiger partial charge in [-0.3, -0.25) is 9.89 Å². The Morgan fingerprint density at radius 2 is 2.33 bits per heavy atom. The van der Waals surface area contributed by atoms with Crippen LogP contribution in [0.3, 0.4) is 0 Å². The van der Waals surface area contributed by atoms with Gasteiger partial charge in [-0.2, -0.15) is 5.10 Å². The Kier molecular flexibility index (Phi) is 4.01. The smallest absolute Gasteiger partial charge is 0.254 e. The molecule has 5 nitrogen and oxygen atoms in total. The topological polar surface area (TPSA) is 78.0 Å². The van der Waals surface area contributed by atoms with Crippen LogP contribution in [-0.2, 0) is 0 Å².